The summed E-state index contributed by atoms with van der Waals surface area (Å²) in [7, 11) is 0. The average molecular weight is 197 g/mol. The molecule has 1 aromatic heterocycles. The summed E-state index contributed by atoms with van der Waals surface area (Å²) in [6.07, 6.45) is 0. The van der Waals surface area contributed by atoms with E-state index in [-0.39, 0.29) is 17.4 Å². The number of halogens is 2. The van der Waals surface area contributed by atoms with Crippen molar-refractivity contribution in [2.24, 2.45) is 0 Å². The van der Waals surface area contributed by atoms with Crippen molar-refractivity contribution < 1.29 is 13.3 Å². The molecule has 0 aliphatic carbocycles. The largest absolute Gasteiger partial charge is 0.351 e. The van der Waals surface area contributed by atoms with Gasteiger partial charge in [-0.1, -0.05) is 5.16 Å². The number of nitrogens with two attached hydrogens (primary N) is 1. The normalized spacial score (nSPS) is 10.4. The summed E-state index contributed by atoms with van der Waals surface area (Å²) >= 11 is 0. The SMILES string of the molecule is Nc1nc(-c2cc(F)ccc2F)no1. The van der Waals surface area contributed by atoms with Gasteiger partial charge in [0.2, 0.25) is 5.82 Å². The molecule has 72 valence electrons. The van der Waals surface area contributed by atoms with Crippen LogP contribution < -0.4 is 5.73 Å². The highest BCUT2D eigenvalue weighted by Crippen LogP contribution is 2.20. The molecule has 6 heteroatoms. The van der Waals surface area contributed by atoms with Crippen LogP contribution in [-0.4, -0.2) is 10.1 Å². The van der Waals surface area contributed by atoms with Crippen LogP contribution in [0.5, 0.6) is 0 Å². The Morgan fingerprint density at radius 1 is 1.29 bits per heavy atom. The molecule has 0 radical (unpaired) electrons. The van der Waals surface area contributed by atoms with Gasteiger partial charge in [-0.2, -0.15) is 4.98 Å². The smallest absolute Gasteiger partial charge is 0.319 e. The van der Waals surface area contributed by atoms with Gasteiger partial charge in [-0.05, 0) is 18.2 Å². The van der Waals surface area contributed by atoms with Crippen LogP contribution >= 0.6 is 0 Å². The summed E-state index contributed by atoms with van der Waals surface area (Å²) < 4.78 is 30.3. The molecule has 4 nitrogen and oxygen atoms in total. The minimum Gasteiger partial charge on any atom is -0.351 e. The molecule has 1 heterocycles. The van der Waals surface area contributed by atoms with Crippen molar-refractivity contribution in [1.29, 1.82) is 0 Å². The molecule has 0 saturated carbocycles. The highest BCUT2D eigenvalue weighted by molar-refractivity contribution is 5.55. The first kappa shape index (κ1) is 8.61. The molecule has 14 heavy (non-hydrogen) atoms. The van der Waals surface area contributed by atoms with E-state index < -0.39 is 11.6 Å². The third kappa shape index (κ3) is 1.41. The van der Waals surface area contributed by atoms with E-state index in [2.05, 4.69) is 14.7 Å². The molecule has 0 aliphatic heterocycles. The van der Waals surface area contributed by atoms with Crippen LogP contribution in [0.15, 0.2) is 22.7 Å². The van der Waals surface area contributed by atoms with Crippen molar-refractivity contribution in [2.75, 3.05) is 5.73 Å². The standard InChI is InChI=1S/C8H5F2N3O/c9-4-1-2-6(10)5(3-4)7-12-8(11)14-13-7/h1-3H,(H2,11,12,13). The Bertz CT molecular complexity index is 469. The van der Waals surface area contributed by atoms with Gasteiger partial charge in [0.25, 0.3) is 0 Å². The number of hydrogen-bond donors (Lipinski definition) is 1. The fourth-order valence-electron chi connectivity index (χ4n) is 1.01. The third-order valence-corrected chi connectivity index (χ3v) is 1.61. The lowest BCUT2D eigenvalue weighted by Gasteiger charge is -1.96. The van der Waals surface area contributed by atoms with Crippen LogP contribution in [0, 0.1) is 11.6 Å². The van der Waals surface area contributed by atoms with Crippen molar-refractivity contribution in [1.82, 2.24) is 10.1 Å². The van der Waals surface area contributed by atoms with Gasteiger partial charge in [0.15, 0.2) is 0 Å². The van der Waals surface area contributed by atoms with Crippen molar-refractivity contribution >= 4 is 6.01 Å². The van der Waals surface area contributed by atoms with E-state index in [4.69, 9.17) is 5.73 Å². The third-order valence-electron chi connectivity index (χ3n) is 1.61. The Morgan fingerprint density at radius 3 is 2.71 bits per heavy atom. The van der Waals surface area contributed by atoms with Crippen LogP contribution in [0.3, 0.4) is 0 Å². The number of aromatic nitrogens is 2. The maximum Gasteiger partial charge on any atom is 0.319 e. The van der Waals surface area contributed by atoms with Crippen LogP contribution in [0.2, 0.25) is 0 Å². The minimum absolute atomic E-state index is 0.0699. The average Bonchev–Trinajstić information content (AvgIpc) is 2.56. The minimum atomic E-state index is -0.632. The summed E-state index contributed by atoms with van der Waals surface area (Å²) in [6, 6.07) is 2.77. The number of anilines is 1. The summed E-state index contributed by atoms with van der Waals surface area (Å²) in [5.74, 6) is -1.28. The molecule has 0 saturated heterocycles. The van der Waals surface area contributed by atoms with Gasteiger partial charge in [0, 0.05) is 0 Å². The quantitative estimate of drug-likeness (QED) is 0.753. The first-order valence-corrected chi connectivity index (χ1v) is 3.71. The summed E-state index contributed by atoms with van der Waals surface area (Å²) in [5, 5.41) is 3.37. The van der Waals surface area contributed by atoms with Crippen LogP contribution in [0.1, 0.15) is 0 Å². The maximum atomic E-state index is 13.1. The summed E-state index contributed by atoms with van der Waals surface area (Å²) in [5.41, 5.74) is 5.07. The summed E-state index contributed by atoms with van der Waals surface area (Å²) in [6.45, 7) is 0. The maximum absolute atomic E-state index is 13.1. The van der Waals surface area contributed by atoms with E-state index >= 15 is 0 Å². The zero-order valence-electron chi connectivity index (χ0n) is 6.87. The van der Waals surface area contributed by atoms with Gasteiger partial charge >= 0.3 is 6.01 Å². The fourth-order valence-corrected chi connectivity index (χ4v) is 1.01. The zero-order chi connectivity index (χ0) is 10.1. The van der Waals surface area contributed by atoms with E-state index in [1.165, 1.54) is 0 Å². The molecular weight excluding hydrogens is 192 g/mol. The van der Waals surface area contributed by atoms with Gasteiger partial charge in [0.1, 0.15) is 11.6 Å². The molecule has 0 spiro atoms. The Morgan fingerprint density at radius 2 is 2.07 bits per heavy atom. The van der Waals surface area contributed by atoms with E-state index in [1.807, 2.05) is 0 Å². The summed E-state index contributed by atoms with van der Waals surface area (Å²) in [4.78, 5) is 3.58. The Labute approximate surface area is 77.3 Å². The lowest BCUT2D eigenvalue weighted by molar-refractivity contribution is 0.436. The van der Waals surface area contributed by atoms with Gasteiger partial charge in [-0.3, -0.25) is 0 Å². The van der Waals surface area contributed by atoms with Gasteiger partial charge in [-0.15, -0.1) is 0 Å². The van der Waals surface area contributed by atoms with E-state index in [9.17, 15) is 8.78 Å². The van der Waals surface area contributed by atoms with Crippen molar-refractivity contribution in [3.63, 3.8) is 0 Å². The first-order chi connectivity index (χ1) is 6.66. The van der Waals surface area contributed by atoms with Crippen molar-refractivity contribution in [2.45, 2.75) is 0 Å². The van der Waals surface area contributed by atoms with Gasteiger partial charge < -0.3 is 10.3 Å². The number of hydrogen-bond acceptors (Lipinski definition) is 4. The topological polar surface area (TPSA) is 64.9 Å². The Hall–Kier alpha value is -1.98. The lowest BCUT2D eigenvalue weighted by atomic mass is 10.2. The number of nitrogens with zero attached hydrogens (tertiary/aromatic N) is 2. The molecule has 0 bridgehead atoms. The number of nitrogen functional groups attached to an aromatic ring is 1. The Balaban J connectivity index is 2.55. The number of rotatable bonds is 1. The predicted molar refractivity (Wildman–Crippen MR) is 44.1 cm³/mol. The molecular formula is C8H5F2N3O. The highest BCUT2D eigenvalue weighted by Gasteiger charge is 2.12. The zero-order valence-corrected chi connectivity index (χ0v) is 6.87. The first-order valence-electron chi connectivity index (χ1n) is 3.71. The molecule has 0 amide bonds. The monoisotopic (exact) mass is 197 g/mol. The lowest BCUT2D eigenvalue weighted by Crippen LogP contribution is -1.89. The Kier molecular flexibility index (Phi) is 1.88. The van der Waals surface area contributed by atoms with Gasteiger partial charge in [0.05, 0.1) is 5.56 Å². The predicted octanol–water partition coefficient (Wildman–Crippen LogP) is 1.60. The molecule has 0 unspecified atom stereocenters. The molecule has 2 rings (SSSR count). The molecule has 2 N–H and O–H groups in total. The second kappa shape index (κ2) is 3.06. The van der Waals surface area contributed by atoms with Crippen molar-refractivity contribution in [3.8, 4) is 11.4 Å². The highest BCUT2D eigenvalue weighted by atomic mass is 19.1. The molecule has 1 aromatic carbocycles. The number of benzene rings is 1. The molecule has 0 aliphatic rings. The van der Waals surface area contributed by atoms with Crippen LogP contribution in [0.25, 0.3) is 11.4 Å². The van der Waals surface area contributed by atoms with E-state index in [0.717, 1.165) is 18.2 Å². The molecule has 2 aromatic rings. The fraction of sp³-hybridized carbons (Fsp3) is 0. The second-order valence-corrected chi connectivity index (χ2v) is 2.58. The van der Waals surface area contributed by atoms with E-state index in [1.54, 1.807) is 0 Å². The second-order valence-electron chi connectivity index (χ2n) is 2.58. The molecule has 0 fully saturated rings. The van der Waals surface area contributed by atoms with Crippen molar-refractivity contribution in [3.05, 3.63) is 29.8 Å². The van der Waals surface area contributed by atoms with Crippen LogP contribution in [-0.2, 0) is 0 Å². The van der Waals surface area contributed by atoms with E-state index in [0.29, 0.717) is 0 Å². The van der Waals surface area contributed by atoms with Gasteiger partial charge in [-0.25, -0.2) is 8.78 Å². The molecule has 0 atom stereocenters. The van der Waals surface area contributed by atoms with Crippen LogP contribution in [0.4, 0.5) is 14.8 Å².